The fourth-order valence-corrected chi connectivity index (χ4v) is 3.59. The predicted octanol–water partition coefficient (Wildman–Crippen LogP) is 4.11. The van der Waals surface area contributed by atoms with Crippen LogP contribution in [0.25, 0.3) is 0 Å². The minimum absolute atomic E-state index is 0.390. The Morgan fingerprint density at radius 1 is 1.26 bits per heavy atom. The van der Waals surface area contributed by atoms with Gasteiger partial charge in [0, 0.05) is 18.4 Å². The van der Waals surface area contributed by atoms with E-state index in [1.54, 1.807) is 0 Å². The highest BCUT2D eigenvalue weighted by atomic mass is 15.0. The summed E-state index contributed by atoms with van der Waals surface area (Å²) in [4.78, 5) is 4.34. The minimum atomic E-state index is 0.390. The molecular formula is C17H28N2. The number of hydrogen-bond acceptors (Lipinski definition) is 2. The van der Waals surface area contributed by atoms with Crippen LogP contribution >= 0.6 is 0 Å². The normalized spacial score (nSPS) is 22.2. The quantitative estimate of drug-likeness (QED) is 0.861. The highest BCUT2D eigenvalue weighted by Crippen LogP contribution is 2.72. The Bertz CT molecular complexity index is 434. The van der Waals surface area contributed by atoms with Crippen LogP contribution in [0.3, 0.4) is 0 Å². The van der Waals surface area contributed by atoms with Crippen LogP contribution in [0.15, 0.2) is 18.5 Å². The Labute approximate surface area is 118 Å². The van der Waals surface area contributed by atoms with Crippen LogP contribution in [0.2, 0.25) is 0 Å². The number of nitrogens with one attached hydrogen (secondary N) is 1. The maximum absolute atomic E-state index is 4.34. The number of hydrogen-bond donors (Lipinski definition) is 1. The molecule has 1 N–H and O–H groups in total. The Morgan fingerprint density at radius 2 is 1.89 bits per heavy atom. The molecule has 2 rings (SSSR count). The zero-order chi connectivity index (χ0) is 14.3. The predicted molar refractivity (Wildman–Crippen MR) is 81.1 cm³/mol. The molecule has 0 radical (unpaired) electrons. The van der Waals surface area contributed by atoms with Crippen molar-refractivity contribution in [2.45, 2.75) is 54.0 Å². The maximum Gasteiger partial charge on any atom is 0.0377 e. The van der Waals surface area contributed by atoms with E-state index < -0.39 is 0 Å². The van der Waals surface area contributed by atoms with Gasteiger partial charge >= 0.3 is 0 Å². The second kappa shape index (κ2) is 4.90. The third kappa shape index (κ3) is 2.31. The van der Waals surface area contributed by atoms with E-state index in [1.807, 2.05) is 12.4 Å². The van der Waals surface area contributed by atoms with Crippen LogP contribution in [0, 0.1) is 23.7 Å². The molecule has 1 fully saturated rings. The van der Waals surface area contributed by atoms with Crippen molar-refractivity contribution in [3.8, 4) is 0 Å². The van der Waals surface area contributed by atoms with Gasteiger partial charge < -0.3 is 5.32 Å². The molecule has 19 heavy (non-hydrogen) atoms. The molecule has 0 saturated heterocycles. The highest BCUT2D eigenvalue weighted by Gasteiger charge is 2.67. The van der Waals surface area contributed by atoms with Crippen LogP contribution in [0.4, 0.5) is 0 Å². The molecule has 1 heterocycles. The van der Waals surface area contributed by atoms with E-state index in [0.29, 0.717) is 22.8 Å². The lowest BCUT2D eigenvalue weighted by Gasteiger charge is -2.22. The molecular weight excluding hydrogens is 232 g/mol. The summed E-state index contributed by atoms with van der Waals surface area (Å²) < 4.78 is 0. The Morgan fingerprint density at radius 3 is 2.37 bits per heavy atom. The fraction of sp³-hybridized carbons (Fsp3) is 0.706. The first-order valence-electron chi connectivity index (χ1n) is 7.48. The number of pyridine rings is 1. The van der Waals surface area contributed by atoms with Gasteiger partial charge in [0.2, 0.25) is 0 Å². The molecule has 1 aliphatic rings. The van der Waals surface area contributed by atoms with Gasteiger partial charge in [-0.2, -0.15) is 0 Å². The van der Waals surface area contributed by atoms with E-state index in [9.17, 15) is 0 Å². The van der Waals surface area contributed by atoms with E-state index in [1.165, 1.54) is 17.5 Å². The number of aryl methyl sites for hydroxylation is 1. The van der Waals surface area contributed by atoms with Crippen molar-refractivity contribution in [3.63, 3.8) is 0 Å². The second-order valence-electron chi connectivity index (χ2n) is 7.09. The average molecular weight is 260 g/mol. The first-order valence-corrected chi connectivity index (χ1v) is 7.48. The van der Waals surface area contributed by atoms with Gasteiger partial charge in [0.15, 0.2) is 0 Å². The van der Waals surface area contributed by atoms with Gasteiger partial charge in [-0.3, -0.25) is 4.98 Å². The van der Waals surface area contributed by atoms with E-state index in [2.05, 4.69) is 57.9 Å². The third-order valence-corrected chi connectivity index (χ3v) is 5.49. The van der Waals surface area contributed by atoms with Gasteiger partial charge in [-0.25, -0.2) is 0 Å². The van der Waals surface area contributed by atoms with Gasteiger partial charge in [-0.1, -0.05) is 34.6 Å². The van der Waals surface area contributed by atoms with Crippen molar-refractivity contribution in [1.29, 1.82) is 0 Å². The maximum atomic E-state index is 4.34. The summed E-state index contributed by atoms with van der Waals surface area (Å²) in [6.07, 6.45) is 5.11. The molecule has 0 amide bonds. The Kier molecular flexibility index (Phi) is 3.74. The average Bonchev–Trinajstić information content (AvgIpc) is 2.74. The summed E-state index contributed by atoms with van der Waals surface area (Å²) in [5, 5.41) is 3.76. The van der Waals surface area contributed by atoms with Crippen molar-refractivity contribution >= 4 is 0 Å². The first-order chi connectivity index (χ1) is 8.84. The first kappa shape index (κ1) is 14.5. The summed E-state index contributed by atoms with van der Waals surface area (Å²) in [7, 11) is 0. The summed E-state index contributed by atoms with van der Waals surface area (Å²) >= 11 is 0. The molecule has 1 atom stereocenters. The van der Waals surface area contributed by atoms with E-state index in [-0.39, 0.29) is 0 Å². The van der Waals surface area contributed by atoms with E-state index in [0.717, 1.165) is 6.54 Å². The van der Waals surface area contributed by atoms with Crippen LogP contribution in [-0.2, 0) is 0 Å². The third-order valence-electron chi connectivity index (χ3n) is 5.49. The SMILES string of the molecule is CCCNC(c1cnccc1C)C1C(C)(C)C1(C)C. The molecule has 2 heteroatoms. The summed E-state index contributed by atoms with van der Waals surface area (Å²) in [6.45, 7) is 15.1. The summed E-state index contributed by atoms with van der Waals surface area (Å²) in [5.74, 6) is 0.675. The van der Waals surface area contributed by atoms with Gasteiger partial charge in [0.25, 0.3) is 0 Å². The zero-order valence-corrected chi connectivity index (χ0v) is 13.2. The van der Waals surface area contributed by atoms with Crippen molar-refractivity contribution in [2.24, 2.45) is 16.7 Å². The molecule has 0 aliphatic heterocycles. The van der Waals surface area contributed by atoms with Crippen LogP contribution < -0.4 is 5.32 Å². The highest BCUT2D eigenvalue weighted by molar-refractivity contribution is 5.31. The lowest BCUT2D eigenvalue weighted by Crippen LogP contribution is -2.27. The molecule has 1 aromatic heterocycles. The molecule has 2 nitrogen and oxygen atoms in total. The van der Waals surface area contributed by atoms with Gasteiger partial charge in [0.1, 0.15) is 0 Å². The molecule has 0 bridgehead atoms. The van der Waals surface area contributed by atoms with Crippen LogP contribution in [0.5, 0.6) is 0 Å². The molecule has 0 spiro atoms. The van der Waals surface area contributed by atoms with Gasteiger partial charge in [-0.15, -0.1) is 0 Å². The number of aromatic nitrogens is 1. The number of rotatable bonds is 5. The molecule has 1 unspecified atom stereocenters. The second-order valence-corrected chi connectivity index (χ2v) is 7.09. The Hall–Kier alpha value is -0.890. The molecule has 106 valence electrons. The lowest BCUT2D eigenvalue weighted by atomic mass is 9.94. The smallest absolute Gasteiger partial charge is 0.0377 e. The largest absolute Gasteiger partial charge is 0.310 e. The molecule has 1 aromatic rings. The van der Waals surface area contributed by atoms with Crippen molar-refractivity contribution in [2.75, 3.05) is 6.54 Å². The topological polar surface area (TPSA) is 24.9 Å². The van der Waals surface area contributed by atoms with E-state index >= 15 is 0 Å². The molecule has 1 saturated carbocycles. The molecule has 1 aliphatic carbocycles. The van der Waals surface area contributed by atoms with Crippen molar-refractivity contribution < 1.29 is 0 Å². The van der Waals surface area contributed by atoms with Gasteiger partial charge in [0.05, 0.1) is 0 Å². The van der Waals surface area contributed by atoms with Crippen molar-refractivity contribution in [3.05, 3.63) is 29.6 Å². The van der Waals surface area contributed by atoms with Crippen molar-refractivity contribution in [1.82, 2.24) is 10.3 Å². The Balaban J connectivity index is 2.31. The zero-order valence-electron chi connectivity index (χ0n) is 13.2. The summed E-state index contributed by atoms with van der Waals surface area (Å²) in [5.41, 5.74) is 3.50. The fourth-order valence-electron chi connectivity index (χ4n) is 3.59. The van der Waals surface area contributed by atoms with E-state index in [4.69, 9.17) is 0 Å². The van der Waals surface area contributed by atoms with Crippen LogP contribution in [0.1, 0.15) is 58.2 Å². The van der Waals surface area contributed by atoms with Gasteiger partial charge in [-0.05, 0) is 53.8 Å². The monoisotopic (exact) mass is 260 g/mol. The lowest BCUT2D eigenvalue weighted by molar-refractivity contribution is 0.408. The summed E-state index contributed by atoms with van der Waals surface area (Å²) in [6, 6.07) is 2.55. The number of nitrogens with zero attached hydrogens (tertiary/aromatic N) is 1. The van der Waals surface area contributed by atoms with Crippen LogP contribution in [-0.4, -0.2) is 11.5 Å². The standard InChI is InChI=1S/C17H28N2/c1-7-9-19-14(13-11-18-10-8-12(13)2)15-16(3,4)17(15,5)6/h8,10-11,14-15,19H,7,9H2,1-6H3. The minimum Gasteiger partial charge on any atom is -0.310 e. The molecule has 0 aromatic carbocycles.